The monoisotopic (exact) mass is 455 g/mol. The van der Waals surface area contributed by atoms with Gasteiger partial charge in [0, 0.05) is 25.7 Å². The molecule has 2 aliphatic rings. The molecule has 1 fully saturated rings. The number of benzene rings is 3. The Morgan fingerprint density at radius 3 is 2.62 bits per heavy atom. The van der Waals surface area contributed by atoms with E-state index in [2.05, 4.69) is 30.9 Å². The molecular formula is C28H29N3O3. The van der Waals surface area contributed by atoms with Gasteiger partial charge in [-0.25, -0.2) is 4.99 Å². The second-order valence-electron chi connectivity index (χ2n) is 8.91. The van der Waals surface area contributed by atoms with Gasteiger partial charge in [-0.1, -0.05) is 30.3 Å². The summed E-state index contributed by atoms with van der Waals surface area (Å²) in [7, 11) is 1.64. The lowest BCUT2D eigenvalue weighted by Gasteiger charge is -2.41. The summed E-state index contributed by atoms with van der Waals surface area (Å²) < 4.78 is 11.5. The summed E-state index contributed by atoms with van der Waals surface area (Å²) in [5.74, 6) is 3.40. The number of carbonyl (C=O) groups is 1. The van der Waals surface area contributed by atoms with Crippen molar-refractivity contribution in [1.29, 1.82) is 0 Å². The van der Waals surface area contributed by atoms with Crippen LogP contribution in [0.4, 0.5) is 5.69 Å². The van der Waals surface area contributed by atoms with E-state index in [1.54, 1.807) is 7.11 Å². The summed E-state index contributed by atoms with van der Waals surface area (Å²) >= 11 is 0. The van der Waals surface area contributed by atoms with Gasteiger partial charge in [0.05, 0.1) is 19.1 Å². The lowest BCUT2D eigenvalue weighted by atomic mass is 10.1. The van der Waals surface area contributed by atoms with E-state index in [0.29, 0.717) is 26.1 Å². The molecule has 0 unspecified atom stereocenters. The minimum Gasteiger partial charge on any atom is -0.497 e. The molecule has 0 radical (unpaired) electrons. The average molecular weight is 456 g/mol. The Hall–Kier alpha value is -3.80. The minimum atomic E-state index is 0.0658. The van der Waals surface area contributed by atoms with Crippen molar-refractivity contribution in [3.8, 4) is 17.2 Å². The van der Waals surface area contributed by atoms with Gasteiger partial charge in [0.1, 0.15) is 23.0 Å². The van der Waals surface area contributed by atoms with Crippen LogP contribution >= 0.6 is 0 Å². The molecule has 1 atom stereocenters. The Bertz CT molecular complexity index is 1240. The molecule has 0 spiro atoms. The molecule has 0 saturated carbocycles. The van der Waals surface area contributed by atoms with Gasteiger partial charge in [-0.2, -0.15) is 0 Å². The molecule has 0 bridgehead atoms. The molecule has 5 rings (SSSR count). The largest absolute Gasteiger partial charge is 0.497 e. The van der Waals surface area contributed by atoms with Gasteiger partial charge in [0.25, 0.3) is 0 Å². The molecule has 1 saturated heterocycles. The number of nitrogens with zero attached hydrogens (tertiary/aromatic N) is 3. The fourth-order valence-corrected chi connectivity index (χ4v) is 4.61. The third-order valence-corrected chi connectivity index (χ3v) is 6.45. The first-order valence-electron chi connectivity index (χ1n) is 11.7. The van der Waals surface area contributed by atoms with Crippen molar-refractivity contribution >= 4 is 17.4 Å². The molecule has 0 aliphatic carbocycles. The normalized spacial score (nSPS) is 17.1. The van der Waals surface area contributed by atoms with Crippen LogP contribution in [0, 0.1) is 6.92 Å². The van der Waals surface area contributed by atoms with E-state index in [1.807, 2.05) is 59.5 Å². The number of rotatable bonds is 3. The van der Waals surface area contributed by atoms with E-state index in [-0.39, 0.29) is 11.9 Å². The van der Waals surface area contributed by atoms with Crippen LogP contribution in [-0.2, 0) is 11.2 Å². The zero-order valence-electron chi connectivity index (χ0n) is 19.8. The second kappa shape index (κ2) is 9.21. The van der Waals surface area contributed by atoms with Crippen molar-refractivity contribution in [2.45, 2.75) is 26.3 Å². The maximum atomic E-state index is 13.1. The summed E-state index contributed by atoms with van der Waals surface area (Å²) in [6.07, 6.45) is 0.388. The molecular weight excluding hydrogens is 426 g/mol. The fourth-order valence-electron chi connectivity index (χ4n) is 4.61. The van der Waals surface area contributed by atoms with Gasteiger partial charge < -0.3 is 19.3 Å². The van der Waals surface area contributed by atoms with Gasteiger partial charge >= 0.3 is 0 Å². The number of aliphatic imine (C=N–C) groups is 1. The zero-order chi connectivity index (χ0) is 23.7. The van der Waals surface area contributed by atoms with E-state index in [9.17, 15) is 4.79 Å². The molecule has 2 aliphatic heterocycles. The lowest BCUT2D eigenvalue weighted by molar-refractivity contribution is -0.134. The van der Waals surface area contributed by atoms with Crippen LogP contribution in [0.25, 0.3) is 0 Å². The van der Waals surface area contributed by atoms with E-state index in [4.69, 9.17) is 14.5 Å². The van der Waals surface area contributed by atoms with Gasteiger partial charge in [-0.05, 0) is 61.4 Å². The first-order chi connectivity index (χ1) is 16.5. The fraction of sp³-hybridized carbons (Fsp3) is 0.286. The molecule has 3 aromatic carbocycles. The molecule has 0 N–H and O–H groups in total. The highest BCUT2D eigenvalue weighted by Gasteiger charge is 2.31. The number of fused-ring (bicyclic) bond motifs is 2. The number of aryl methyl sites for hydroxylation is 1. The van der Waals surface area contributed by atoms with E-state index in [1.165, 1.54) is 0 Å². The maximum Gasteiger partial charge on any atom is 0.227 e. The van der Waals surface area contributed by atoms with E-state index in [0.717, 1.165) is 45.5 Å². The lowest BCUT2D eigenvalue weighted by Crippen LogP contribution is -2.55. The van der Waals surface area contributed by atoms with Gasteiger partial charge in [0.2, 0.25) is 5.91 Å². The Balaban J connectivity index is 1.36. The summed E-state index contributed by atoms with van der Waals surface area (Å²) in [5.41, 5.74) is 3.92. The number of hydrogen-bond donors (Lipinski definition) is 0. The second-order valence-corrected chi connectivity index (χ2v) is 8.91. The van der Waals surface area contributed by atoms with Crippen LogP contribution in [-0.4, -0.2) is 54.3 Å². The number of carbonyl (C=O) groups excluding carboxylic acids is 1. The summed E-state index contributed by atoms with van der Waals surface area (Å²) in [6.45, 7) is 6.23. The Kier molecular flexibility index (Phi) is 5.97. The first kappa shape index (κ1) is 22.0. The average Bonchev–Trinajstić information content (AvgIpc) is 3.00. The van der Waals surface area contributed by atoms with Crippen molar-refractivity contribution in [1.82, 2.24) is 9.80 Å². The third kappa shape index (κ3) is 4.36. The zero-order valence-corrected chi connectivity index (χ0v) is 19.8. The number of amidine groups is 1. The number of ether oxygens (including phenoxy) is 2. The molecule has 0 aromatic heterocycles. The van der Waals surface area contributed by atoms with Crippen LogP contribution in [0.1, 0.15) is 23.6 Å². The molecule has 6 nitrogen and oxygen atoms in total. The molecule has 174 valence electrons. The summed E-state index contributed by atoms with van der Waals surface area (Å²) in [4.78, 5) is 22.4. The third-order valence-electron chi connectivity index (χ3n) is 6.45. The van der Waals surface area contributed by atoms with Crippen LogP contribution in [0.5, 0.6) is 17.2 Å². The Labute approximate surface area is 200 Å². The van der Waals surface area contributed by atoms with Gasteiger partial charge in [-0.15, -0.1) is 0 Å². The number of para-hydroxylation sites is 1. The highest BCUT2D eigenvalue weighted by atomic mass is 16.5. The number of hydrogen-bond acceptors (Lipinski definition) is 5. The van der Waals surface area contributed by atoms with Gasteiger partial charge in [0.15, 0.2) is 5.75 Å². The predicted molar refractivity (Wildman–Crippen MR) is 133 cm³/mol. The highest BCUT2D eigenvalue weighted by molar-refractivity contribution is 6.04. The Morgan fingerprint density at radius 2 is 1.85 bits per heavy atom. The number of amides is 1. The van der Waals surface area contributed by atoms with Crippen molar-refractivity contribution < 1.29 is 14.3 Å². The first-order valence-corrected chi connectivity index (χ1v) is 11.7. The van der Waals surface area contributed by atoms with Crippen LogP contribution in [0.3, 0.4) is 0 Å². The highest BCUT2D eigenvalue weighted by Crippen LogP contribution is 2.38. The number of methoxy groups -OCH3 is 1. The number of piperazine rings is 1. The van der Waals surface area contributed by atoms with Crippen molar-refractivity contribution in [2.75, 3.05) is 26.7 Å². The molecule has 3 aromatic rings. The van der Waals surface area contributed by atoms with Crippen molar-refractivity contribution in [3.05, 3.63) is 83.4 Å². The topological polar surface area (TPSA) is 54.4 Å². The smallest absolute Gasteiger partial charge is 0.227 e. The van der Waals surface area contributed by atoms with E-state index >= 15 is 0 Å². The predicted octanol–water partition coefficient (Wildman–Crippen LogP) is 4.96. The van der Waals surface area contributed by atoms with Crippen LogP contribution < -0.4 is 9.47 Å². The standard InChI is InChI=1S/C28H29N3O3/c1-19-8-13-24-26(16-19)34-25-7-5-4-6-23(25)28(29-24)30-14-15-31(20(2)18-30)27(32)17-21-9-11-22(33-3)12-10-21/h4-13,16,20H,14-15,17-18H2,1-3H3/t20-/m1/s1. The molecule has 34 heavy (non-hydrogen) atoms. The quantitative estimate of drug-likeness (QED) is 0.560. The van der Waals surface area contributed by atoms with E-state index < -0.39 is 0 Å². The Morgan fingerprint density at radius 1 is 1.06 bits per heavy atom. The van der Waals surface area contributed by atoms with Crippen LogP contribution in [0.2, 0.25) is 0 Å². The molecule has 1 amide bonds. The van der Waals surface area contributed by atoms with Crippen LogP contribution in [0.15, 0.2) is 71.7 Å². The molecule has 2 heterocycles. The van der Waals surface area contributed by atoms with Gasteiger partial charge in [-0.3, -0.25) is 4.79 Å². The maximum absolute atomic E-state index is 13.1. The molecule has 6 heteroatoms. The van der Waals surface area contributed by atoms with Crippen molar-refractivity contribution in [2.24, 2.45) is 4.99 Å². The minimum absolute atomic E-state index is 0.0658. The van der Waals surface area contributed by atoms with Crippen molar-refractivity contribution in [3.63, 3.8) is 0 Å². The SMILES string of the molecule is COc1ccc(CC(=O)N2CCN(C3=Nc4ccc(C)cc4Oc4ccccc43)C[C@H]2C)cc1. The summed E-state index contributed by atoms with van der Waals surface area (Å²) in [6, 6.07) is 21.9. The summed E-state index contributed by atoms with van der Waals surface area (Å²) in [5, 5.41) is 0.